The first-order chi connectivity index (χ1) is 8.52. The lowest BCUT2D eigenvalue weighted by Gasteiger charge is -2.35. The molecule has 1 aliphatic heterocycles. The molecule has 1 N–H and O–H groups in total. The van der Waals surface area contributed by atoms with Gasteiger partial charge in [0.1, 0.15) is 17.9 Å². The number of Topliss-reactive ketones (excluding diaryl/α,β-unsaturated/α-hetero) is 1. The normalized spacial score (nSPS) is 18.6. The fourth-order valence-electron chi connectivity index (χ4n) is 1.80. The van der Waals surface area contributed by atoms with Crippen LogP contribution >= 0.6 is 0 Å². The molecule has 18 heavy (non-hydrogen) atoms. The fourth-order valence-corrected chi connectivity index (χ4v) is 1.80. The standard InChI is InChI=1S/C12H19NO5/c1-5-17-12(18-6-2)7-16-8(3)9(10(12)14)11(15)13-4/h5-7H2,1-4H3,(H,13,15). The molecule has 0 saturated carbocycles. The van der Waals surface area contributed by atoms with Gasteiger partial charge in [-0.1, -0.05) is 0 Å². The van der Waals surface area contributed by atoms with E-state index in [2.05, 4.69) is 5.32 Å². The van der Waals surface area contributed by atoms with Crippen molar-refractivity contribution in [2.45, 2.75) is 26.6 Å². The number of ether oxygens (including phenoxy) is 3. The molecule has 0 bridgehead atoms. The third kappa shape index (κ3) is 2.54. The molecule has 102 valence electrons. The Kier molecular flexibility index (Phi) is 4.86. The van der Waals surface area contributed by atoms with Crippen LogP contribution in [0.5, 0.6) is 0 Å². The molecule has 0 spiro atoms. The van der Waals surface area contributed by atoms with Gasteiger partial charge in [-0.05, 0) is 20.8 Å². The van der Waals surface area contributed by atoms with Gasteiger partial charge >= 0.3 is 0 Å². The predicted octanol–water partition coefficient (Wildman–Crippen LogP) is 0.375. The summed E-state index contributed by atoms with van der Waals surface area (Å²) in [6.45, 7) is 5.60. The first kappa shape index (κ1) is 14.7. The number of ketones is 1. The lowest BCUT2D eigenvalue weighted by atomic mass is 9.99. The van der Waals surface area contributed by atoms with E-state index in [0.29, 0.717) is 0 Å². The van der Waals surface area contributed by atoms with Crippen LogP contribution < -0.4 is 5.32 Å². The van der Waals surface area contributed by atoms with Crippen LogP contribution in [-0.4, -0.2) is 44.3 Å². The topological polar surface area (TPSA) is 73.9 Å². The van der Waals surface area contributed by atoms with Gasteiger partial charge in [-0.15, -0.1) is 0 Å². The second kappa shape index (κ2) is 5.97. The van der Waals surface area contributed by atoms with Crippen molar-refractivity contribution in [2.24, 2.45) is 0 Å². The van der Waals surface area contributed by atoms with Gasteiger partial charge in [0.2, 0.25) is 5.78 Å². The van der Waals surface area contributed by atoms with Crippen LogP contribution in [0.4, 0.5) is 0 Å². The number of likely N-dealkylation sites (N-methyl/N-ethyl adjacent to an activating group) is 1. The summed E-state index contributed by atoms with van der Waals surface area (Å²) in [5, 5.41) is 2.41. The van der Waals surface area contributed by atoms with Crippen LogP contribution in [0, 0.1) is 0 Å². The summed E-state index contributed by atoms with van der Waals surface area (Å²) < 4.78 is 16.1. The molecule has 1 aliphatic rings. The van der Waals surface area contributed by atoms with E-state index in [-0.39, 0.29) is 31.2 Å². The number of carbonyl (C=O) groups excluding carboxylic acids is 2. The molecule has 0 aromatic heterocycles. The summed E-state index contributed by atoms with van der Waals surface area (Å²) >= 11 is 0. The Hall–Kier alpha value is -1.40. The molecule has 1 rings (SSSR count). The predicted molar refractivity (Wildman–Crippen MR) is 63.7 cm³/mol. The van der Waals surface area contributed by atoms with E-state index < -0.39 is 17.5 Å². The molecule has 0 radical (unpaired) electrons. The van der Waals surface area contributed by atoms with E-state index in [1.165, 1.54) is 7.05 Å². The Bertz CT molecular complexity index is 369. The maximum Gasteiger partial charge on any atom is 0.269 e. The molecule has 6 heteroatoms. The van der Waals surface area contributed by atoms with Crippen LogP contribution in [0.15, 0.2) is 11.3 Å². The van der Waals surface area contributed by atoms with Gasteiger partial charge in [0.25, 0.3) is 11.7 Å². The number of amides is 1. The minimum Gasteiger partial charge on any atom is -0.491 e. The highest BCUT2D eigenvalue weighted by Gasteiger charge is 2.48. The van der Waals surface area contributed by atoms with Crippen LogP contribution in [0.2, 0.25) is 0 Å². The second-order valence-electron chi connectivity index (χ2n) is 3.75. The zero-order valence-corrected chi connectivity index (χ0v) is 11.2. The van der Waals surface area contributed by atoms with Gasteiger partial charge in [0.05, 0.1) is 0 Å². The molecule has 0 fully saturated rings. The molecular formula is C12H19NO5. The maximum atomic E-state index is 12.4. The first-order valence-electron chi connectivity index (χ1n) is 5.90. The quantitative estimate of drug-likeness (QED) is 0.569. The largest absolute Gasteiger partial charge is 0.491 e. The lowest BCUT2D eigenvalue weighted by Crippen LogP contribution is -2.53. The van der Waals surface area contributed by atoms with Gasteiger partial charge in [-0.3, -0.25) is 9.59 Å². The van der Waals surface area contributed by atoms with Gasteiger partial charge < -0.3 is 19.5 Å². The third-order valence-corrected chi connectivity index (χ3v) is 2.61. The highest BCUT2D eigenvalue weighted by molar-refractivity contribution is 6.22. The molecular weight excluding hydrogens is 238 g/mol. The third-order valence-electron chi connectivity index (χ3n) is 2.61. The molecule has 1 amide bonds. The average molecular weight is 257 g/mol. The fraction of sp³-hybridized carbons (Fsp3) is 0.667. The van der Waals surface area contributed by atoms with E-state index in [4.69, 9.17) is 14.2 Å². The highest BCUT2D eigenvalue weighted by atomic mass is 16.7. The van der Waals surface area contributed by atoms with Crippen LogP contribution in [0.3, 0.4) is 0 Å². The summed E-state index contributed by atoms with van der Waals surface area (Å²) in [6, 6.07) is 0. The zero-order chi connectivity index (χ0) is 13.8. The minimum atomic E-state index is -1.51. The molecule has 0 unspecified atom stereocenters. The number of nitrogens with one attached hydrogen (secondary N) is 1. The van der Waals surface area contributed by atoms with E-state index in [1.54, 1.807) is 20.8 Å². The Morgan fingerprint density at radius 3 is 2.39 bits per heavy atom. The molecule has 0 aliphatic carbocycles. The summed E-state index contributed by atoms with van der Waals surface area (Å²) in [6.07, 6.45) is 0. The molecule has 6 nitrogen and oxygen atoms in total. The monoisotopic (exact) mass is 257 g/mol. The average Bonchev–Trinajstić information content (AvgIpc) is 2.35. The van der Waals surface area contributed by atoms with E-state index >= 15 is 0 Å². The number of hydrogen-bond acceptors (Lipinski definition) is 5. The second-order valence-corrected chi connectivity index (χ2v) is 3.75. The van der Waals surface area contributed by atoms with Crippen LogP contribution in [-0.2, 0) is 23.8 Å². The number of allylic oxidation sites excluding steroid dienone is 1. The maximum absolute atomic E-state index is 12.4. The van der Waals surface area contributed by atoms with Crippen molar-refractivity contribution in [1.29, 1.82) is 0 Å². The number of rotatable bonds is 5. The van der Waals surface area contributed by atoms with Gasteiger partial charge in [0.15, 0.2) is 0 Å². The van der Waals surface area contributed by atoms with Gasteiger partial charge in [-0.2, -0.15) is 0 Å². The zero-order valence-electron chi connectivity index (χ0n) is 11.2. The first-order valence-corrected chi connectivity index (χ1v) is 5.90. The van der Waals surface area contributed by atoms with Crippen LogP contribution in [0.1, 0.15) is 20.8 Å². The van der Waals surface area contributed by atoms with Crippen molar-refractivity contribution >= 4 is 11.7 Å². The Morgan fingerprint density at radius 1 is 1.39 bits per heavy atom. The van der Waals surface area contributed by atoms with Crippen molar-refractivity contribution in [2.75, 3.05) is 26.9 Å². The summed E-state index contributed by atoms with van der Waals surface area (Å²) in [4.78, 5) is 24.1. The highest BCUT2D eigenvalue weighted by Crippen LogP contribution is 2.28. The van der Waals surface area contributed by atoms with E-state index in [1.807, 2.05) is 0 Å². The van der Waals surface area contributed by atoms with Crippen molar-refractivity contribution in [3.63, 3.8) is 0 Å². The van der Waals surface area contributed by atoms with Crippen molar-refractivity contribution < 1.29 is 23.8 Å². The molecule has 0 aromatic carbocycles. The minimum absolute atomic E-state index is 0.0418. The van der Waals surface area contributed by atoms with Gasteiger partial charge in [0, 0.05) is 20.3 Å². The summed E-state index contributed by atoms with van der Waals surface area (Å²) in [5.41, 5.74) is -0.0503. The Morgan fingerprint density at radius 2 is 1.94 bits per heavy atom. The molecule has 0 saturated heterocycles. The summed E-state index contributed by atoms with van der Waals surface area (Å²) in [5.74, 6) is -2.21. The summed E-state index contributed by atoms with van der Waals surface area (Å²) in [7, 11) is 1.45. The van der Waals surface area contributed by atoms with Crippen LogP contribution in [0.25, 0.3) is 0 Å². The van der Waals surface area contributed by atoms with E-state index in [9.17, 15) is 9.59 Å². The van der Waals surface area contributed by atoms with Gasteiger partial charge in [-0.25, -0.2) is 0 Å². The Balaban J connectivity index is 3.13. The molecule has 1 heterocycles. The van der Waals surface area contributed by atoms with Crippen molar-refractivity contribution in [3.05, 3.63) is 11.3 Å². The van der Waals surface area contributed by atoms with Crippen molar-refractivity contribution in [1.82, 2.24) is 5.32 Å². The molecule has 0 atom stereocenters. The SMILES string of the molecule is CCOC1(OCC)COC(C)=C(C(=O)NC)C1=O. The number of hydrogen-bond donors (Lipinski definition) is 1. The van der Waals surface area contributed by atoms with E-state index in [0.717, 1.165) is 0 Å². The van der Waals surface area contributed by atoms with Crippen molar-refractivity contribution in [3.8, 4) is 0 Å². The Labute approximate surface area is 106 Å². The lowest BCUT2D eigenvalue weighted by molar-refractivity contribution is -0.242. The number of carbonyl (C=O) groups is 2. The molecule has 0 aromatic rings. The smallest absolute Gasteiger partial charge is 0.269 e.